The Bertz CT molecular complexity index is 2580. The van der Waals surface area contributed by atoms with Crippen molar-refractivity contribution in [3.05, 3.63) is 218 Å². The highest BCUT2D eigenvalue weighted by atomic mass is 16.6. The maximum atomic E-state index is 7.08. The second kappa shape index (κ2) is 14.3. The molecule has 9 aromatic carbocycles. The second-order valence-corrected chi connectivity index (χ2v) is 13.7. The second-order valence-electron chi connectivity index (χ2n) is 13.7. The van der Waals surface area contributed by atoms with Crippen LogP contribution in [0.3, 0.4) is 0 Å². The molecule has 0 saturated carbocycles. The molecular weight excluding hydrogens is 685 g/mol. The summed E-state index contributed by atoms with van der Waals surface area (Å²) in [6.07, 6.45) is 0. The van der Waals surface area contributed by atoms with E-state index < -0.39 is 0 Å². The van der Waals surface area contributed by atoms with Gasteiger partial charge in [-0.25, -0.2) is 0 Å². The molecule has 1 aliphatic heterocycles. The summed E-state index contributed by atoms with van der Waals surface area (Å²) in [5.74, 6) is 2.59. The van der Waals surface area contributed by atoms with E-state index in [-0.39, 0.29) is 0 Å². The molecule has 4 nitrogen and oxygen atoms in total. The van der Waals surface area contributed by atoms with Gasteiger partial charge in [0.15, 0.2) is 23.0 Å². The van der Waals surface area contributed by atoms with Gasteiger partial charge in [-0.3, -0.25) is 0 Å². The van der Waals surface area contributed by atoms with Crippen LogP contribution in [0.1, 0.15) is 0 Å². The Kier molecular flexibility index (Phi) is 8.47. The third kappa shape index (κ3) is 6.00. The van der Waals surface area contributed by atoms with Crippen molar-refractivity contribution >= 4 is 44.9 Å². The summed E-state index contributed by atoms with van der Waals surface area (Å²) in [7, 11) is 0. The summed E-state index contributed by atoms with van der Waals surface area (Å²) < 4.78 is 14.2. The van der Waals surface area contributed by atoms with Crippen LogP contribution >= 0.6 is 0 Å². The molecule has 56 heavy (non-hydrogen) atoms. The molecular formula is C52H36N2O2. The third-order valence-corrected chi connectivity index (χ3v) is 10.3. The molecule has 4 heteroatoms. The fraction of sp³-hybridized carbons (Fsp3) is 0. The number of anilines is 6. The average Bonchev–Trinajstić information content (AvgIpc) is 3.28. The van der Waals surface area contributed by atoms with Gasteiger partial charge in [-0.1, -0.05) is 158 Å². The van der Waals surface area contributed by atoms with Crippen molar-refractivity contribution in [2.75, 3.05) is 9.80 Å². The first-order valence-electron chi connectivity index (χ1n) is 18.8. The molecule has 0 fully saturated rings. The number of benzene rings is 9. The van der Waals surface area contributed by atoms with Crippen LogP contribution in [0.4, 0.5) is 34.1 Å². The highest BCUT2D eigenvalue weighted by Gasteiger charge is 2.34. The zero-order valence-electron chi connectivity index (χ0n) is 30.5. The van der Waals surface area contributed by atoms with Crippen molar-refractivity contribution < 1.29 is 9.47 Å². The SMILES string of the molecule is c1ccc(-c2ccc(N(c3ccccc3)c3c4c(c(N(c5ccccc5)c5ccc(-c6ccccc6)cc5)c5ccccc35)Oc3ccccc3O4)cc2)cc1. The molecule has 0 amide bonds. The fourth-order valence-electron chi connectivity index (χ4n) is 7.66. The molecule has 0 aliphatic carbocycles. The van der Waals surface area contributed by atoms with Crippen molar-refractivity contribution in [1.82, 2.24) is 0 Å². The Morgan fingerprint density at radius 2 is 0.536 bits per heavy atom. The van der Waals surface area contributed by atoms with E-state index in [2.05, 4.69) is 180 Å². The highest BCUT2D eigenvalue weighted by Crippen LogP contribution is 2.61. The molecule has 0 saturated heterocycles. The van der Waals surface area contributed by atoms with E-state index in [1.165, 1.54) is 11.1 Å². The lowest BCUT2D eigenvalue weighted by Gasteiger charge is -2.35. The lowest BCUT2D eigenvalue weighted by atomic mass is 9.99. The van der Waals surface area contributed by atoms with E-state index >= 15 is 0 Å². The van der Waals surface area contributed by atoms with Crippen molar-refractivity contribution in [3.8, 4) is 45.3 Å². The van der Waals surface area contributed by atoms with Crippen LogP contribution in [0.15, 0.2) is 218 Å². The quantitative estimate of drug-likeness (QED) is 0.146. The maximum absolute atomic E-state index is 7.08. The van der Waals surface area contributed by atoms with E-state index in [4.69, 9.17) is 9.47 Å². The van der Waals surface area contributed by atoms with Crippen LogP contribution in [-0.2, 0) is 0 Å². The van der Waals surface area contributed by atoms with E-state index in [0.717, 1.165) is 56.0 Å². The van der Waals surface area contributed by atoms with Gasteiger partial charge in [0.05, 0.1) is 0 Å². The van der Waals surface area contributed by atoms with Gasteiger partial charge in [0.25, 0.3) is 0 Å². The van der Waals surface area contributed by atoms with Gasteiger partial charge in [0.2, 0.25) is 0 Å². The number of para-hydroxylation sites is 4. The van der Waals surface area contributed by atoms with Gasteiger partial charge in [-0.05, 0) is 82.9 Å². The zero-order valence-corrected chi connectivity index (χ0v) is 30.5. The van der Waals surface area contributed by atoms with Crippen LogP contribution in [-0.4, -0.2) is 0 Å². The molecule has 9 aromatic rings. The number of hydrogen-bond acceptors (Lipinski definition) is 4. The number of nitrogens with zero attached hydrogens (tertiary/aromatic N) is 2. The zero-order chi connectivity index (χ0) is 37.3. The number of ether oxygens (including phenoxy) is 2. The predicted molar refractivity (Wildman–Crippen MR) is 231 cm³/mol. The molecule has 0 radical (unpaired) electrons. The molecule has 0 atom stereocenters. The fourth-order valence-corrected chi connectivity index (χ4v) is 7.66. The Balaban J connectivity index is 1.24. The smallest absolute Gasteiger partial charge is 0.196 e. The lowest BCUT2D eigenvalue weighted by Crippen LogP contribution is -2.17. The van der Waals surface area contributed by atoms with Crippen molar-refractivity contribution in [1.29, 1.82) is 0 Å². The summed E-state index contributed by atoms with van der Waals surface area (Å²) >= 11 is 0. The summed E-state index contributed by atoms with van der Waals surface area (Å²) in [6.45, 7) is 0. The topological polar surface area (TPSA) is 24.9 Å². The van der Waals surface area contributed by atoms with Gasteiger partial charge in [0, 0.05) is 33.5 Å². The Morgan fingerprint density at radius 1 is 0.250 bits per heavy atom. The number of rotatable bonds is 8. The molecule has 0 spiro atoms. The predicted octanol–water partition coefficient (Wildman–Crippen LogP) is 15.0. The van der Waals surface area contributed by atoms with Crippen LogP contribution in [0.2, 0.25) is 0 Å². The number of hydrogen-bond donors (Lipinski definition) is 0. The largest absolute Gasteiger partial charge is 0.447 e. The highest BCUT2D eigenvalue weighted by molar-refractivity contribution is 6.13. The molecule has 1 aliphatic rings. The third-order valence-electron chi connectivity index (χ3n) is 10.3. The van der Waals surface area contributed by atoms with Crippen LogP contribution < -0.4 is 19.3 Å². The van der Waals surface area contributed by atoms with Crippen LogP contribution in [0.25, 0.3) is 33.0 Å². The van der Waals surface area contributed by atoms with E-state index in [1.54, 1.807) is 0 Å². The maximum Gasteiger partial charge on any atom is 0.196 e. The monoisotopic (exact) mass is 720 g/mol. The summed E-state index contributed by atoms with van der Waals surface area (Å²) in [4.78, 5) is 4.58. The summed E-state index contributed by atoms with van der Waals surface area (Å²) in [5, 5.41) is 2.03. The first kappa shape index (κ1) is 33.0. The van der Waals surface area contributed by atoms with Crippen molar-refractivity contribution in [2.45, 2.75) is 0 Å². The standard InChI is InChI=1S/C52H36N2O2/c1-5-17-37(18-6-1)39-29-33-43(34-30-39)53(41-21-9-3-10-22-41)49-45-25-13-14-26-46(45)50(52-51(49)55-47-27-15-16-28-48(47)56-52)54(42-23-11-4-12-24-42)44-35-31-40(32-36-44)38-19-7-2-8-20-38/h1-36H. The molecule has 0 aromatic heterocycles. The van der Waals surface area contributed by atoms with E-state index in [1.807, 2.05) is 48.5 Å². The van der Waals surface area contributed by atoms with Crippen LogP contribution in [0.5, 0.6) is 23.0 Å². The van der Waals surface area contributed by atoms with Crippen molar-refractivity contribution in [3.63, 3.8) is 0 Å². The van der Waals surface area contributed by atoms with Crippen molar-refractivity contribution in [2.24, 2.45) is 0 Å². The molecule has 1 heterocycles. The summed E-state index contributed by atoms with van der Waals surface area (Å²) in [5.41, 5.74) is 10.4. The van der Waals surface area contributed by atoms with Gasteiger partial charge < -0.3 is 19.3 Å². The molecule has 266 valence electrons. The normalized spacial score (nSPS) is 11.5. The van der Waals surface area contributed by atoms with Gasteiger partial charge in [-0.15, -0.1) is 0 Å². The van der Waals surface area contributed by atoms with Gasteiger partial charge in [-0.2, -0.15) is 0 Å². The minimum atomic E-state index is 0.634. The Hall–Kier alpha value is -7.56. The molecule has 10 rings (SSSR count). The molecule has 0 unspecified atom stereocenters. The number of fused-ring (bicyclic) bond motifs is 3. The van der Waals surface area contributed by atoms with E-state index in [0.29, 0.717) is 23.0 Å². The molecule has 0 bridgehead atoms. The Labute approximate surface area is 326 Å². The Morgan fingerprint density at radius 3 is 0.911 bits per heavy atom. The summed E-state index contributed by atoms with van der Waals surface area (Å²) in [6, 6.07) is 75.9. The first-order chi connectivity index (χ1) is 27.8. The lowest BCUT2D eigenvalue weighted by molar-refractivity contribution is 0.362. The average molecular weight is 721 g/mol. The van der Waals surface area contributed by atoms with Gasteiger partial charge >= 0.3 is 0 Å². The van der Waals surface area contributed by atoms with Crippen LogP contribution in [0, 0.1) is 0 Å². The minimum absolute atomic E-state index is 0.634. The minimum Gasteiger partial charge on any atom is -0.447 e. The van der Waals surface area contributed by atoms with E-state index in [9.17, 15) is 0 Å². The molecule has 0 N–H and O–H groups in total. The first-order valence-corrected chi connectivity index (χ1v) is 18.8. The van der Waals surface area contributed by atoms with Gasteiger partial charge in [0.1, 0.15) is 11.4 Å².